The smallest absolute Gasteiger partial charge is 0.269 e. The van der Waals surface area contributed by atoms with Gasteiger partial charge in [0.1, 0.15) is 23.6 Å². The number of anilines is 1. The Labute approximate surface area is 199 Å². The van der Waals surface area contributed by atoms with E-state index < -0.39 is 11.9 Å². The number of carbonyl (C=O) groups is 3. The van der Waals surface area contributed by atoms with Crippen LogP contribution in [-0.4, -0.2) is 54.6 Å². The number of likely N-dealkylation sites (tertiary alicyclic amines) is 1. The van der Waals surface area contributed by atoms with Crippen molar-refractivity contribution in [1.82, 2.24) is 19.7 Å². The standard InChI is InChI=1S/C23H23ClN6O4/c24-21-13(11-31)6-8-17(26-21)27-23(34)20-12-5-7-14(9-12)30(20)18(32)10-29-16-4-2-1-3-15(16)19(28-29)22(25)33/h1-4,6,8,12,14,20,31H,5,7,9-11H2,(H2,25,33)(H,26,27,34)/t12-,14?,20?/m0/s1. The van der Waals surface area contributed by atoms with Gasteiger partial charge in [-0.1, -0.05) is 29.8 Å². The second-order valence-corrected chi connectivity index (χ2v) is 9.01. The zero-order valence-corrected chi connectivity index (χ0v) is 18.9. The Morgan fingerprint density at radius 2 is 1.97 bits per heavy atom. The predicted octanol–water partition coefficient (Wildman–Crippen LogP) is 1.69. The summed E-state index contributed by atoms with van der Waals surface area (Å²) >= 11 is 6.05. The van der Waals surface area contributed by atoms with E-state index in [0.29, 0.717) is 16.5 Å². The number of carbonyl (C=O) groups excluding carboxylic acids is 3. The number of fused-ring (bicyclic) bond motifs is 3. The summed E-state index contributed by atoms with van der Waals surface area (Å²) in [5.41, 5.74) is 6.65. The van der Waals surface area contributed by atoms with Gasteiger partial charge in [-0.05, 0) is 43.4 Å². The van der Waals surface area contributed by atoms with Crippen LogP contribution >= 0.6 is 11.6 Å². The maximum Gasteiger partial charge on any atom is 0.269 e. The van der Waals surface area contributed by atoms with Crippen molar-refractivity contribution >= 4 is 46.0 Å². The molecule has 10 nitrogen and oxygen atoms in total. The molecule has 2 fully saturated rings. The van der Waals surface area contributed by atoms with Gasteiger partial charge in [-0.15, -0.1) is 0 Å². The Kier molecular flexibility index (Phi) is 5.70. The highest BCUT2D eigenvalue weighted by Crippen LogP contribution is 2.43. The van der Waals surface area contributed by atoms with E-state index in [1.807, 2.05) is 0 Å². The van der Waals surface area contributed by atoms with Crippen LogP contribution in [0.3, 0.4) is 0 Å². The van der Waals surface area contributed by atoms with Gasteiger partial charge in [0.05, 0.1) is 12.1 Å². The minimum absolute atomic E-state index is 0.0287. The van der Waals surface area contributed by atoms with Gasteiger partial charge in [-0.25, -0.2) is 4.98 Å². The molecule has 2 aliphatic rings. The molecule has 11 heteroatoms. The quantitative estimate of drug-likeness (QED) is 0.456. The molecule has 34 heavy (non-hydrogen) atoms. The van der Waals surface area contributed by atoms with Crippen LogP contribution in [0.25, 0.3) is 10.9 Å². The fraction of sp³-hybridized carbons (Fsp3) is 0.348. The van der Waals surface area contributed by atoms with E-state index in [1.165, 1.54) is 4.68 Å². The molecular formula is C23H23ClN6O4. The molecule has 4 N–H and O–H groups in total. The van der Waals surface area contributed by atoms with Crippen LogP contribution in [0.4, 0.5) is 5.82 Å². The number of hydrogen-bond donors (Lipinski definition) is 3. The predicted molar refractivity (Wildman–Crippen MR) is 124 cm³/mol. The molecule has 2 unspecified atom stereocenters. The largest absolute Gasteiger partial charge is 0.392 e. The molecule has 1 aliphatic carbocycles. The van der Waals surface area contributed by atoms with E-state index in [9.17, 15) is 19.5 Å². The van der Waals surface area contributed by atoms with E-state index in [2.05, 4.69) is 15.4 Å². The second-order valence-electron chi connectivity index (χ2n) is 8.65. The third-order valence-electron chi connectivity index (χ3n) is 6.67. The molecule has 3 amide bonds. The Bertz CT molecular complexity index is 1310. The Balaban J connectivity index is 1.39. The summed E-state index contributed by atoms with van der Waals surface area (Å²) in [6.07, 6.45) is 2.45. The SMILES string of the molecule is NC(=O)c1nn(CC(=O)N2C3CC[C@@H](C3)C2C(=O)Nc2ccc(CO)c(Cl)n2)c2ccccc12. The Hall–Kier alpha value is -3.50. The van der Waals surface area contributed by atoms with Gasteiger partial charge < -0.3 is 21.1 Å². The number of pyridine rings is 1. The highest BCUT2D eigenvalue weighted by atomic mass is 35.5. The van der Waals surface area contributed by atoms with Crippen LogP contribution < -0.4 is 11.1 Å². The summed E-state index contributed by atoms with van der Waals surface area (Å²) in [4.78, 5) is 44.2. The summed E-state index contributed by atoms with van der Waals surface area (Å²) < 4.78 is 1.47. The molecule has 176 valence electrons. The second kappa shape index (κ2) is 8.69. The number of primary amides is 1. The van der Waals surface area contributed by atoms with E-state index >= 15 is 0 Å². The third-order valence-corrected chi connectivity index (χ3v) is 6.99. The average molecular weight is 483 g/mol. The third kappa shape index (κ3) is 3.78. The van der Waals surface area contributed by atoms with Crippen molar-refractivity contribution in [3.63, 3.8) is 0 Å². The number of nitrogens with two attached hydrogens (primary N) is 1. The number of hydrogen-bond acceptors (Lipinski definition) is 6. The topological polar surface area (TPSA) is 143 Å². The van der Waals surface area contributed by atoms with Gasteiger partial charge in [0.15, 0.2) is 5.69 Å². The molecule has 1 aliphatic heterocycles. The van der Waals surface area contributed by atoms with E-state index in [1.54, 1.807) is 41.3 Å². The number of benzene rings is 1. The van der Waals surface area contributed by atoms with Gasteiger partial charge >= 0.3 is 0 Å². The molecule has 3 atom stereocenters. The van der Waals surface area contributed by atoms with Gasteiger partial charge in [-0.2, -0.15) is 5.10 Å². The normalized spacial score (nSPS) is 21.2. The summed E-state index contributed by atoms with van der Waals surface area (Å²) in [5, 5.41) is 17.0. The molecule has 1 aromatic carbocycles. The number of para-hydroxylation sites is 1. The van der Waals surface area contributed by atoms with E-state index in [-0.39, 0.29) is 53.6 Å². The number of amides is 3. The van der Waals surface area contributed by atoms with Crippen LogP contribution in [0.2, 0.25) is 5.15 Å². The number of nitrogens with zero attached hydrogens (tertiary/aromatic N) is 4. The highest BCUT2D eigenvalue weighted by Gasteiger charge is 2.51. The van der Waals surface area contributed by atoms with E-state index in [0.717, 1.165) is 19.3 Å². The van der Waals surface area contributed by atoms with Gasteiger partial charge in [0.2, 0.25) is 11.8 Å². The molecule has 1 saturated heterocycles. The first-order chi connectivity index (χ1) is 16.4. The van der Waals surface area contributed by atoms with Crippen molar-refractivity contribution in [2.24, 2.45) is 11.7 Å². The van der Waals surface area contributed by atoms with Crippen molar-refractivity contribution < 1.29 is 19.5 Å². The molecule has 0 radical (unpaired) electrons. The fourth-order valence-electron chi connectivity index (χ4n) is 5.18. The maximum atomic E-state index is 13.4. The monoisotopic (exact) mass is 482 g/mol. The summed E-state index contributed by atoms with van der Waals surface area (Å²) in [6, 6.07) is 9.57. The molecule has 5 rings (SSSR count). The van der Waals surface area contributed by atoms with Gasteiger partial charge in [0, 0.05) is 17.0 Å². The highest BCUT2D eigenvalue weighted by molar-refractivity contribution is 6.30. The fourth-order valence-corrected chi connectivity index (χ4v) is 5.39. The van der Waals surface area contributed by atoms with Crippen molar-refractivity contribution in [3.8, 4) is 0 Å². The zero-order valence-electron chi connectivity index (χ0n) is 18.1. The van der Waals surface area contributed by atoms with Gasteiger partial charge in [0.25, 0.3) is 5.91 Å². The lowest BCUT2D eigenvalue weighted by Gasteiger charge is -2.34. The van der Waals surface area contributed by atoms with Crippen LogP contribution in [0.5, 0.6) is 0 Å². The molecule has 2 bridgehead atoms. The summed E-state index contributed by atoms with van der Waals surface area (Å²) in [5.74, 6) is -0.941. The number of rotatable bonds is 6. The number of aliphatic hydroxyl groups is 1. The number of halogens is 1. The van der Waals surface area contributed by atoms with Crippen LogP contribution in [0.1, 0.15) is 35.3 Å². The first kappa shape index (κ1) is 22.3. The van der Waals surface area contributed by atoms with Crippen LogP contribution in [0.15, 0.2) is 36.4 Å². The molecule has 1 saturated carbocycles. The molecule has 3 heterocycles. The number of aromatic nitrogens is 3. The Morgan fingerprint density at radius 1 is 1.18 bits per heavy atom. The minimum Gasteiger partial charge on any atom is -0.392 e. The summed E-state index contributed by atoms with van der Waals surface area (Å²) in [6.45, 7) is -0.371. The molecular weight excluding hydrogens is 460 g/mol. The lowest BCUT2D eigenvalue weighted by atomic mass is 9.97. The average Bonchev–Trinajstić information content (AvgIpc) is 3.52. The van der Waals surface area contributed by atoms with Crippen LogP contribution in [-0.2, 0) is 22.7 Å². The number of piperidine rings is 1. The Morgan fingerprint density at radius 3 is 2.71 bits per heavy atom. The van der Waals surface area contributed by atoms with E-state index in [4.69, 9.17) is 17.3 Å². The molecule has 2 aromatic heterocycles. The van der Waals surface area contributed by atoms with Crippen molar-refractivity contribution in [3.05, 3.63) is 52.8 Å². The maximum absolute atomic E-state index is 13.4. The first-order valence-electron chi connectivity index (χ1n) is 11.0. The molecule has 3 aromatic rings. The van der Waals surface area contributed by atoms with Crippen LogP contribution in [0, 0.1) is 5.92 Å². The molecule has 0 spiro atoms. The van der Waals surface area contributed by atoms with Crippen molar-refractivity contribution in [2.75, 3.05) is 5.32 Å². The first-order valence-corrected chi connectivity index (χ1v) is 11.4. The van der Waals surface area contributed by atoms with Gasteiger partial charge in [-0.3, -0.25) is 19.1 Å². The van der Waals surface area contributed by atoms with Crippen molar-refractivity contribution in [2.45, 2.75) is 44.5 Å². The number of aliphatic hydroxyl groups excluding tert-OH is 1. The lowest BCUT2D eigenvalue weighted by molar-refractivity contribution is -0.141. The van der Waals surface area contributed by atoms with Crippen molar-refractivity contribution in [1.29, 1.82) is 0 Å². The number of nitrogens with one attached hydrogen (secondary N) is 1. The summed E-state index contributed by atoms with van der Waals surface area (Å²) in [7, 11) is 0. The lowest BCUT2D eigenvalue weighted by Crippen LogP contribution is -2.52. The zero-order chi connectivity index (χ0) is 24.0. The minimum atomic E-state index is -0.668.